The molecule has 0 amide bonds. The quantitative estimate of drug-likeness (QED) is 0.659. The van der Waals surface area contributed by atoms with E-state index in [2.05, 4.69) is 15.4 Å². The van der Waals surface area contributed by atoms with E-state index in [4.69, 9.17) is 0 Å². The van der Waals surface area contributed by atoms with E-state index in [1.807, 2.05) is 0 Å². The Bertz CT molecular complexity index is 508. The van der Waals surface area contributed by atoms with Gasteiger partial charge in [0.25, 0.3) is 0 Å². The van der Waals surface area contributed by atoms with Crippen LogP contribution in [-0.2, 0) is 6.18 Å². The fraction of sp³-hybridized carbons (Fsp3) is 0.333. The Labute approximate surface area is 108 Å². The molecule has 0 aliphatic carbocycles. The SMILES string of the molecule is CN(/N=C/c1cccc(C(F)(F)F)c1)C1=NCCN1. The highest BCUT2D eigenvalue weighted by Gasteiger charge is 2.30. The molecule has 0 atom stereocenters. The van der Waals surface area contributed by atoms with Gasteiger partial charge in [-0.15, -0.1) is 0 Å². The van der Waals surface area contributed by atoms with Crippen LogP contribution in [0, 0.1) is 0 Å². The molecule has 1 aromatic carbocycles. The predicted octanol–water partition coefficient (Wildman–Crippen LogP) is 1.93. The van der Waals surface area contributed by atoms with Crippen molar-refractivity contribution >= 4 is 12.2 Å². The van der Waals surface area contributed by atoms with Crippen LogP contribution >= 0.6 is 0 Å². The lowest BCUT2D eigenvalue weighted by Gasteiger charge is -2.12. The minimum Gasteiger partial charge on any atom is -0.353 e. The largest absolute Gasteiger partial charge is 0.416 e. The molecular weight excluding hydrogens is 257 g/mol. The van der Waals surface area contributed by atoms with E-state index in [-0.39, 0.29) is 0 Å². The third-order valence-electron chi connectivity index (χ3n) is 2.56. The minimum atomic E-state index is -4.34. The summed E-state index contributed by atoms with van der Waals surface area (Å²) < 4.78 is 37.6. The van der Waals surface area contributed by atoms with Crippen molar-refractivity contribution in [2.75, 3.05) is 20.1 Å². The second-order valence-corrected chi connectivity index (χ2v) is 4.02. The molecule has 19 heavy (non-hydrogen) atoms. The average molecular weight is 270 g/mol. The topological polar surface area (TPSA) is 40.0 Å². The number of nitrogens with one attached hydrogen (secondary N) is 1. The number of halogens is 3. The van der Waals surface area contributed by atoms with Gasteiger partial charge in [-0.2, -0.15) is 18.3 Å². The molecule has 1 aromatic rings. The lowest BCUT2D eigenvalue weighted by atomic mass is 10.1. The molecule has 1 N–H and O–H groups in total. The molecule has 0 unspecified atom stereocenters. The zero-order chi connectivity index (χ0) is 13.9. The molecule has 4 nitrogen and oxygen atoms in total. The van der Waals surface area contributed by atoms with Crippen LogP contribution in [0.3, 0.4) is 0 Å². The summed E-state index contributed by atoms with van der Waals surface area (Å²) in [5, 5.41) is 8.55. The Morgan fingerprint density at radius 1 is 1.42 bits per heavy atom. The van der Waals surface area contributed by atoms with Crippen molar-refractivity contribution in [1.82, 2.24) is 10.3 Å². The number of rotatable bonds is 2. The minimum absolute atomic E-state index is 0.389. The third kappa shape index (κ3) is 3.46. The molecule has 2 rings (SSSR count). The molecule has 1 heterocycles. The van der Waals surface area contributed by atoms with Gasteiger partial charge in [0.05, 0.1) is 18.3 Å². The molecular formula is C12H13F3N4. The second kappa shape index (κ2) is 5.29. The molecule has 0 bridgehead atoms. The molecule has 0 aromatic heterocycles. The van der Waals surface area contributed by atoms with Crippen molar-refractivity contribution < 1.29 is 13.2 Å². The molecule has 0 radical (unpaired) electrons. The van der Waals surface area contributed by atoms with Crippen LogP contribution in [0.2, 0.25) is 0 Å². The van der Waals surface area contributed by atoms with Crippen molar-refractivity contribution in [3.63, 3.8) is 0 Å². The smallest absolute Gasteiger partial charge is 0.353 e. The number of nitrogens with zero attached hydrogens (tertiary/aromatic N) is 3. The number of guanidine groups is 1. The predicted molar refractivity (Wildman–Crippen MR) is 67.1 cm³/mol. The lowest BCUT2D eigenvalue weighted by Crippen LogP contribution is -2.32. The van der Waals surface area contributed by atoms with Crippen molar-refractivity contribution in [3.8, 4) is 0 Å². The number of hydrogen-bond donors (Lipinski definition) is 1. The fourth-order valence-electron chi connectivity index (χ4n) is 1.61. The maximum atomic E-state index is 12.5. The van der Waals surface area contributed by atoms with Crippen molar-refractivity contribution in [2.45, 2.75) is 6.18 Å². The Kier molecular flexibility index (Phi) is 3.73. The summed E-state index contributed by atoms with van der Waals surface area (Å²) in [6, 6.07) is 5.01. The van der Waals surface area contributed by atoms with Gasteiger partial charge in [0.1, 0.15) is 0 Å². The van der Waals surface area contributed by atoms with Gasteiger partial charge >= 0.3 is 6.18 Å². The average Bonchev–Trinajstić information content (AvgIpc) is 2.89. The molecule has 1 aliphatic heterocycles. The number of hydrazone groups is 1. The number of alkyl halides is 3. The number of benzene rings is 1. The van der Waals surface area contributed by atoms with Crippen LogP contribution in [0.5, 0.6) is 0 Å². The van der Waals surface area contributed by atoms with Crippen LogP contribution in [0.15, 0.2) is 34.4 Å². The first-order valence-corrected chi connectivity index (χ1v) is 5.70. The summed E-state index contributed by atoms with van der Waals surface area (Å²) >= 11 is 0. The highest BCUT2D eigenvalue weighted by molar-refractivity contribution is 5.84. The Hall–Kier alpha value is -2.05. The highest BCUT2D eigenvalue weighted by Crippen LogP contribution is 2.29. The van der Waals surface area contributed by atoms with Crippen LogP contribution in [0.4, 0.5) is 13.2 Å². The van der Waals surface area contributed by atoms with Gasteiger partial charge in [-0.3, -0.25) is 0 Å². The molecule has 7 heteroatoms. The van der Waals surface area contributed by atoms with Crippen LogP contribution < -0.4 is 5.32 Å². The van der Waals surface area contributed by atoms with Crippen molar-refractivity contribution in [3.05, 3.63) is 35.4 Å². The monoisotopic (exact) mass is 270 g/mol. The van der Waals surface area contributed by atoms with Gasteiger partial charge in [0.2, 0.25) is 5.96 Å². The molecule has 0 saturated carbocycles. The summed E-state index contributed by atoms with van der Waals surface area (Å²) in [5.74, 6) is 0.614. The first kappa shape index (κ1) is 13.4. The Balaban J connectivity index is 2.10. The summed E-state index contributed by atoms with van der Waals surface area (Å²) in [7, 11) is 1.68. The van der Waals surface area contributed by atoms with Gasteiger partial charge in [-0.1, -0.05) is 12.1 Å². The summed E-state index contributed by atoms with van der Waals surface area (Å²) in [4.78, 5) is 4.14. The van der Waals surface area contributed by atoms with Crippen molar-refractivity contribution in [1.29, 1.82) is 0 Å². The zero-order valence-electron chi connectivity index (χ0n) is 10.3. The van der Waals surface area contributed by atoms with E-state index in [1.165, 1.54) is 17.3 Å². The van der Waals surface area contributed by atoms with Gasteiger partial charge in [-0.05, 0) is 17.7 Å². The highest BCUT2D eigenvalue weighted by atomic mass is 19.4. The van der Waals surface area contributed by atoms with Gasteiger partial charge < -0.3 is 5.32 Å². The van der Waals surface area contributed by atoms with Gasteiger partial charge in [0, 0.05) is 13.6 Å². The molecule has 1 aliphatic rings. The zero-order valence-corrected chi connectivity index (χ0v) is 10.3. The lowest BCUT2D eigenvalue weighted by molar-refractivity contribution is -0.137. The van der Waals surface area contributed by atoms with Gasteiger partial charge in [-0.25, -0.2) is 10.0 Å². The molecule has 0 fully saturated rings. The Morgan fingerprint density at radius 3 is 2.84 bits per heavy atom. The maximum absolute atomic E-state index is 12.5. The van der Waals surface area contributed by atoms with Crippen LogP contribution in [0.25, 0.3) is 0 Å². The van der Waals surface area contributed by atoms with E-state index < -0.39 is 11.7 Å². The van der Waals surface area contributed by atoms with Gasteiger partial charge in [0.15, 0.2) is 0 Å². The summed E-state index contributed by atoms with van der Waals surface area (Å²) in [6.45, 7) is 1.43. The van der Waals surface area contributed by atoms with Crippen LogP contribution in [0.1, 0.15) is 11.1 Å². The summed E-state index contributed by atoms with van der Waals surface area (Å²) in [5.41, 5.74) is -0.296. The second-order valence-electron chi connectivity index (χ2n) is 4.02. The first-order chi connectivity index (χ1) is 8.97. The molecule has 102 valence electrons. The van der Waals surface area contributed by atoms with E-state index >= 15 is 0 Å². The number of hydrogen-bond acceptors (Lipinski definition) is 4. The third-order valence-corrected chi connectivity index (χ3v) is 2.56. The summed E-state index contributed by atoms with van der Waals surface area (Å²) in [6.07, 6.45) is -2.97. The maximum Gasteiger partial charge on any atom is 0.416 e. The Morgan fingerprint density at radius 2 is 2.21 bits per heavy atom. The normalized spacial score (nSPS) is 15.5. The van der Waals surface area contributed by atoms with E-state index in [0.717, 1.165) is 18.7 Å². The molecule has 0 saturated heterocycles. The first-order valence-electron chi connectivity index (χ1n) is 5.70. The van der Waals surface area contributed by atoms with Crippen LogP contribution in [-0.4, -0.2) is 37.3 Å². The number of aliphatic imine (C=N–C) groups is 1. The standard InChI is InChI=1S/C12H13F3N4/c1-19(11-16-5-6-17-11)18-8-9-3-2-4-10(7-9)12(13,14)15/h2-4,7-8H,5-6H2,1H3,(H,16,17)/b18-8+. The van der Waals surface area contributed by atoms with E-state index in [1.54, 1.807) is 13.1 Å². The van der Waals surface area contributed by atoms with E-state index in [0.29, 0.717) is 18.1 Å². The molecule has 0 spiro atoms. The van der Waals surface area contributed by atoms with E-state index in [9.17, 15) is 13.2 Å². The van der Waals surface area contributed by atoms with Crippen molar-refractivity contribution in [2.24, 2.45) is 10.1 Å². The fourth-order valence-corrected chi connectivity index (χ4v) is 1.61.